The van der Waals surface area contributed by atoms with Gasteiger partial charge in [0.2, 0.25) is 0 Å². The van der Waals surface area contributed by atoms with Crippen molar-refractivity contribution >= 4 is 11.6 Å². The minimum atomic E-state index is 0.550. The van der Waals surface area contributed by atoms with Crippen molar-refractivity contribution in [2.24, 2.45) is 5.92 Å². The van der Waals surface area contributed by atoms with Crippen molar-refractivity contribution in [2.45, 2.75) is 39.3 Å². The number of hydrogen-bond donors (Lipinski definition) is 1. The number of hydrogen-bond acceptors (Lipinski definition) is 3. The molecule has 0 saturated carbocycles. The highest BCUT2D eigenvalue weighted by Gasteiger charge is 2.19. The summed E-state index contributed by atoms with van der Waals surface area (Å²) in [6.45, 7) is 8.97. The van der Waals surface area contributed by atoms with E-state index in [-0.39, 0.29) is 0 Å². The molecule has 0 aliphatic carbocycles. The van der Waals surface area contributed by atoms with Crippen molar-refractivity contribution in [3.05, 3.63) is 29.0 Å². The second-order valence-electron chi connectivity index (χ2n) is 5.72. The summed E-state index contributed by atoms with van der Waals surface area (Å²) in [5.41, 5.74) is 1.25. The maximum atomic E-state index is 5.96. The van der Waals surface area contributed by atoms with Gasteiger partial charge in [0, 0.05) is 25.3 Å². The predicted octanol–water partition coefficient (Wildman–Crippen LogP) is 2.95. The van der Waals surface area contributed by atoms with E-state index in [0.29, 0.717) is 11.2 Å². The van der Waals surface area contributed by atoms with E-state index in [4.69, 9.17) is 11.6 Å². The monoisotopic (exact) mass is 281 g/mol. The van der Waals surface area contributed by atoms with Crippen molar-refractivity contribution in [1.29, 1.82) is 0 Å². The van der Waals surface area contributed by atoms with Crippen LogP contribution in [0.1, 0.15) is 32.3 Å². The molecule has 0 aromatic carbocycles. The highest BCUT2D eigenvalue weighted by molar-refractivity contribution is 6.29. The molecule has 1 atom stereocenters. The number of halogens is 1. The maximum Gasteiger partial charge on any atom is 0.129 e. The second-order valence-corrected chi connectivity index (χ2v) is 6.11. The Labute approximate surface area is 121 Å². The molecule has 106 valence electrons. The van der Waals surface area contributed by atoms with Crippen LogP contribution in [-0.4, -0.2) is 35.6 Å². The van der Waals surface area contributed by atoms with Crippen molar-refractivity contribution in [3.8, 4) is 0 Å². The number of nitrogens with one attached hydrogen (secondary N) is 1. The lowest BCUT2D eigenvalue weighted by Crippen LogP contribution is -2.40. The topological polar surface area (TPSA) is 28.2 Å². The van der Waals surface area contributed by atoms with Crippen molar-refractivity contribution in [3.63, 3.8) is 0 Å². The molecule has 1 aromatic rings. The summed E-state index contributed by atoms with van der Waals surface area (Å²) in [7, 11) is 0. The fraction of sp³-hybridized carbons (Fsp3) is 0.667. The molecule has 0 amide bonds. The van der Waals surface area contributed by atoms with Crippen molar-refractivity contribution in [2.75, 3.05) is 19.6 Å². The van der Waals surface area contributed by atoms with Crippen LogP contribution in [0.3, 0.4) is 0 Å². The summed E-state index contributed by atoms with van der Waals surface area (Å²) < 4.78 is 0. The van der Waals surface area contributed by atoms with Crippen LogP contribution in [0.15, 0.2) is 18.3 Å². The molecule has 4 heteroatoms. The van der Waals surface area contributed by atoms with Gasteiger partial charge in [0.15, 0.2) is 0 Å². The predicted molar refractivity (Wildman–Crippen MR) is 80.4 cm³/mol. The highest BCUT2D eigenvalue weighted by Crippen LogP contribution is 2.17. The van der Waals surface area contributed by atoms with E-state index in [1.165, 1.54) is 24.9 Å². The fourth-order valence-corrected chi connectivity index (χ4v) is 2.84. The lowest BCUT2D eigenvalue weighted by Gasteiger charge is -2.32. The molecule has 19 heavy (non-hydrogen) atoms. The zero-order chi connectivity index (χ0) is 13.7. The molecule has 1 saturated heterocycles. The van der Waals surface area contributed by atoms with E-state index in [1.807, 2.05) is 6.07 Å². The molecular weight excluding hydrogens is 258 g/mol. The van der Waals surface area contributed by atoms with E-state index < -0.39 is 0 Å². The second kappa shape index (κ2) is 7.22. The first-order valence-corrected chi connectivity index (χ1v) is 7.58. The third-order valence-corrected chi connectivity index (χ3v) is 4.01. The summed E-state index contributed by atoms with van der Waals surface area (Å²) in [6, 6.07) is 4.57. The van der Waals surface area contributed by atoms with Crippen molar-refractivity contribution < 1.29 is 0 Å². The standard InChI is InChI=1S/C15H24ClN3/c1-12(2)19(11-14-4-3-6-17-9-14)10-13-5-7-18-15(16)8-13/h5,7-8,12,14,17H,3-4,6,9-11H2,1-2H3. The Hall–Kier alpha value is -0.640. The summed E-state index contributed by atoms with van der Waals surface area (Å²) in [4.78, 5) is 6.58. The van der Waals surface area contributed by atoms with Crippen LogP contribution in [0.5, 0.6) is 0 Å². The number of pyridine rings is 1. The van der Waals surface area contributed by atoms with E-state index in [9.17, 15) is 0 Å². The molecule has 1 aliphatic heterocycles. The van der Waals surface area contributed by atoms with Gasteiger partial charge in [-0.05, 0) is 63.4 Å². The van der Waals surface area contributed by atoms with Gasteiger partial charge in [-0.25, -0.2) is 4.98 Å². The minimum Gasteiger partial charge on any atom is -0.316 e. The average Bonchev–Trinajstić information content (AvgIpc) is 2.39. The van der Waals surface area contributed by atoms with Crippen LogP contribution in [0.2, 0.25) is 5.15 Å². The molecule has 0 radical (unpaired) electrons. The van der Waals surface area contributed by atoms with Crippen LogP contribution in [0, 0.1) is 5.92 Å². The Balaban J connectivity index is 1.95. The molecule has 2 rings (SSSR count). The zero-order valence-electron chi connectivity index (χ0n) is 11.9. The molecule has 1 unspecified atom stereocenters. The molecule has 3 nitrogen and oxygen atoms in total. The van der Waals surface area contributed by atoms with Crippen LogP contribution >= 0.6 is 11.6 Å². The SMILES string of the molecule is CC(C)N(Cc1ccnc(Cl)c1)CC1CCCNC1. The third kappa shape index (κ3) is 4.75. The maximum absolute atomic E-state index is 5.96. The van der Waals surface area contributed by atoms with Gasteiger partial charge in [-0.1, -0.05) is 11.6 Å². The van der Waals surface area contributed by atoms with E-state index in [0.717, 1.165) is 25.6 Å². The average molecular weight is 282 g/mol. The molecule has 1 aromatic heterocycles. The number of piperidine rings is 1. The first-order chi connectivity index (χ1) is 9.15. The molecule has 0 bridgehead atoms. The minimum absolute atomic E-state index is 0.550. The lowest BCUT2D eigenvalue weighted by atomic mass is 9.98. The Morgan fingerprint density at radius 3 is 3.00 bits per heavy atom. The Kier molecular flexibility index (Phi) is 5.61. The van der Waals surface area contributed by atoms with Crippen LogP contribution in [0.25, 0.3) is 0 Å². The van der Waals surface area contributed by atoms with Crippen LogP contribution in [0.4, 0.5) is 0 Å². The summed E-state index contributed by atoms with van der Waals surface area (Å²) >= 11 is 5.96. The molecule has 1 aliphatic rings. The molecule has 2 heterocycles. The van der Waals surface area contributed by atoms with Crippen molar-refractivity contribution in [1.82, 2.24) is 15.2 Å². The number of rotatable bonds is 5. The van der Waals surface area contributed by atoms with Gasteiger partial charge in [0.05, 0.1) is 0 Å². The Morgan fingerprint density at radius 2 is 2.37 bits per heavy atom. The van der Waals surface area contributed by atoms with Crippen LogP contribution in [-0.2, 0) is 6.54 Å². The van der Waals surface area contributed by atoms with Crippen LogP contribution < -0.4 is 5.32 Å². The number of nitrogens with zero attached hydrogens (tertiary/aromatic N) is 2. The molecule has 1 N–H and O–H groups in total. The van der Waals surface area contributed by atoms with E-state index >= 15 is 0 Å². The van der Waals surface area contributed by atoms with E-state index in [1.54, 1.807) is 6.20 Å². The van der Waals surface area contributed by atoms with Gasteiger partial charge in [0.25, 0.3) is 0 Å². The van der Waals surface area contributed by atoms with Gasteiger partial charge in [-0.2, -0.15) is 0 Å². The quantitative estimate of drug-likeness (QED) is 0.841. The first-order valence-electron chi connectivity index (χ1n) is 7.20. The normalized spacial score (nSPS) is 20.2. The molecule has 1 fully saturated rings. The smallest absolute Gasteiger partial charge is 0.129 e. The Bertz CT molecular complexity index is 389. The Morgan fingerprint density at radius 1 is 1.53 bits per heavy atom. The zero-order valence-corrected chi connectivity index (χ0v) is 12.7. The molecular formula is C15H24ClN3. The number of aromatic nitrogens is 1. The lowest BCUT2D eigenvalue weighted by molar-refractivity contribution is 0.164. The largest absolute Gasteiger partial charge is 0.316 e. The van der Waals surface area contributed by atoms with E-state index in [2.05, 4.69) is 35.1 Å². The summed E-state index contributed by atoms with van der Waals surface area (Å²) in [5.74, 6) is 0.772. The van der Waals surface area contributed by atoms with Gasteiger partial charge in [-0.3, -0.25) is 4.90 Å². The fourth-order valence-electron chi connectivity index (χ4n) is 2.64. The molecule has 0 spiro atoms. The van der Waals surface area contributed by atoms with Gasteiger partial charge in [0.1, 0.15) is 5.15 Å². The first kappa shape index (κ1) is 14.8. The summed E-state index contributed by atoms with van der Waals surface area (Å²) in [6.07, 6.45) is 4.43. The third-order valence-electron chi connectivity index (χ3n) is 3.80. The highest BCUT2D eigenvalue weighted by atomic mass is 35.5. The van der Waals surface area contributed by atoms with Gasteiger partial charge in [-0.15, -0.1) is 0 Å². The van der Waals surface area contributed by atoms with Gasteiger partial charge >= 0.3 is 0 Å². The summed E-state index contributed by atoms with van der Waals surface area (Å²) in [5, 5.41) is 4.08. The van der Waals surface area contributed by atoms with Gasteiger partial charge < -0.3 is 5.32 Å².